The van der Waals surface area contributed by atoms with E-state index in [-0.39, 0.29) is 19.6 Å². The molecular weight excluding hydrogens is 368 g/mol. The summed E-state index contributed by atoms with van der Waals surface area (Å²) in [4.78, 5) is 11.1. The van der Waals surface area contributed by atoms with Crippen molar-refractivity contribution in [2.45, 2.75) is 11.7 Å². The molecule has 0 saturated heterocycles. The number of alkyl halides is 2. The number of rotatable bonds is 8. The topological polar surface area (TPSA) is 92.7 Å². The van der Waals surface area contributed by atoms with Crippen molar-refractivity contribution in [2.24, 2.45) is 0 Å². The van der Waals surface area contributed by atoms with Crippen molar-refractivity contribution in [3.05, 3.63) is 48.5 Å². The molecule has 140 valence electrons. The zero-order chi connectivity index (χ0) is 19.4. The van der Waals surface area contributed by atoms with Crippen LogP contribution in [0.25, 0.3) is 16.8 Å². The van der Waals surface area contributed by atoms with Crippen molar-refractivity contribution >= 4 is 32.9 Å². The third kappa shape index (κ3) is 4.17. The van der Waals surface area contributed by atoms with Gasteiger partial charge in [0.15, 0.2) is 0 Å². The summed E-state index contributed by atoms with van der Waals surface area (Å²) < 4.78 is 61.0. The van der Waals surface area contributed by atoms with Crippen LogP contribution in [0.2, 0.25) is 0 Å². The van der Waals surface area contributed by atoms with Gasteiger partial charge in [0, 0.05) is 11.9 Å². The standard InChI is InChI=1S/C17H17F2NO5S/c1-2-12-6-3-8-14-13(12)7-4-9-15(14)25-11-5-10-20-16(21)17(18,19)26(22,23)24/h2-4,6-9H,1,5,10-11H2,(H,20,21)(H,22,23,24). The molecule has 26 heavy (non-hydrogen) atoms. The van der Waals surface area contributed by atoms with E-state index in [2.05, 4.69) is 6.58 Å². The van der Waals surface area contributed by atoms with Gasteiger partial charge in [0.1, 0.15) is 5.75 Å². The fourth-order valence-electron chi connectivity index (χ4n) is 2.29. The highest BCUT2D eigenvalue weighted by Gasteiger charge is 2.52. The molecule has 0 atom stereocenters. The van der Waals surface area contributed by atoms with E-state index in [1.807, 2.05) is 24.3 Å². The summed E-state index contributed by atoms with van der Waals surface area (Å²) in [6.07, 6.45) is 1.88. The SMILES string of the molecule is C=Cc1cccc2c(OCCCNC(=O)C(F)(F)S(=O)(=O)O)cccc12. The molecular formula is C17H17F2NO5S. The molecule has 0 aromatic heterocycles. The van der Waals surface area contributed by atoms with Crippen LogP contribution in [0.5, 0.6) is 5.75 Å². The van der Waals surface area contributed by atoms with E-state index in [0.29, 0.717) is 5.75 Å². The predicted molar refractivity (Wildman–Crippen MR) is 93.7 cm³/mol. The lowest BCUT2D eigenvalue weighted by Gasteiger charge is -2.13. The molecule has 0 unspecified atom stereocenters. The van der Waals surface area contributed by atoms with Gasteiger partial charge in [-0.25, -0.2) is 0 Å². The van der Waals surface area contributed by atoms with Crippen LogP contribution in [-0.2, 0) is 14.9 Å². The molecule has 0 fully saturated rings. The predicted octanol–water partition coefficient (Wildman–Crippen LogP) is 2.85. The monoisotopic (exact) mass is 385 g/mol. The van der Waals surface area contributed by atoms with Gasteiger partial charge in [0.25, 0.3) is 0 Å². The number of fused-ring (bicyclic) bond motifs is 1. The van der Waals surface area contributed by atoms with Crippen molar-refractivity contribution in [1.82, 2.24) is 5.32 Å². The highest BCUT2D eigenvalue weighted by Crippen LogP contribution is 2.28. The third-order valence-electron chi connectivity index (χ3n) is 3.59. The Labute approximate surface area is 149 Å². The molecule has 0 aliphatic rings. The maximum absolute atomic E-state index is 13.1. The number of ether oxygens (including phenoxy) is 1. The van der Waals surface area contributed by atoms with Gasteiger partial charge in [-0.3, -0.25) is 9.35 Å². The summed E-state index contributed by atoms with van der Waals surface area (Å²) in [6, 6.07) is 11.1. The third-order valence-corrected chi connectivity index (χ3v) is 4.42. The van der Waals surface area contributed by atoms with Gasteiger partial charge in [0.2, 0.25) is 0 Å². The van der Waals surface area contributed by atoms with Crippen LogP contribution >= 0.6 is 0 Å². The number of amides is 1. The number of carbonyl (C=O) groups excluding carboxylic acids is 1. The molecule has 0 heterocycles. The number of benzene rings is 2. The van der Waals surface area contributed by atoms with Gasteiger partial charge in [0.05, 0.1) is 6.61 Å². The molecule has 6 nitrogen and oxygen atoms in total. The molecule has 2 aromatic carbocycles. The van der Waals surface area contributed by atoms with Gasteiger partial charge >= 0.3 is 21.3 Å². The van der Waals surface area contributed by atoms with E-state index in [9.17, 15) is 22.0 Å². The van der Waals surface area contributed by atoms with Crippen LogP contribution in [0, 0.1) is 0 Å². The average molecular weight is 385 g/mol. The molecule has 0 aliphatic heterocycles. The lowest BCUT2D eigenvalue weighted by atomic mass is 10.0. The quantitative estimate of drug-likeness (QED) is 0.538. The maximum atomic E-state index is 13.1. The fourth-order valence-corrected chi connectivity index (χ4v) is 2.59. The molecule has 0 radical (unpaired) electrons. The van der Waals surface area contributed by atoms with Crippen LogP contribution in [0.4, 0.5) is 8.78 Å². The Hall–Kier alpha value is -2.52. The first-order chi connectivity index (χ1) is 12.2. The summed E-state index contributed by atoms with van der Waals surface area (Å²) in [7, 11) is -5.80. The normalized spacial score (nSPS) is 12.0. The maximum Gasteiger partial charge on any atom is 0.446 e. The molecule has 2 aromatic rings. The lowest BCUT2D eigenvalue weighted by molar-refractivity contribution is -0.136. The van der Waals surface area contributed by atoms with Gasteiger partial charge in [-0.2, -0.15) is 17.2 Å². The molecule has 9 heteroatoms. The Bertz CT molecular complexity index is 928. The number of nitrogens with one attached hydrogen (secondary N) is 1. The highest BCUT2D eigenvalue weighted by atomic mass is 32.2. The first kappa shape index (κ1) is 19.8. The van der Waals surface area contributed by atoms with Crippen molar-refractivity contribution in [1.29, 1.82) is 0 Å². The largest absolute Gasteiger partial charge is 0.493 e. The number of hydrogen-bond donors (Lipinski definition) is 2. The summed E-state index contributed by atoms with van der Waals surface area (Å²) in [5.41, 5.74) is 0.938. The summed E-state index contributed by atoms with van der Waals surface area (Å²) in [6.45, 7) is 3.61. The van der Waals surface area contributed by atoms with E-state index >= 15 is 0 Å². The molecule has 2 N–H and O–H groups in total. The van der Waals surface area contributed by atoms with Gasteiger partial charge in [-0.05, 0) is 23.4 Å². The number of carbonyl (C=O) groups is 1. The minimum Gasteiger partial charge on any atom is -0.493 e. The van der Waals surface area contributed by atoms with Crippen molar-refractivity contribution in [3.63, 3.8) is 0 Å². The second-order valence-corrected chi connectivity index (χ2v) is 6.82. The Balaban J connectivity index is 1.93. The average Bonchev–Trinajstić information content (AvgIpc) is 2.59. The molecule has 0 spiro atoms. The van der Waals surface area contributed by atoms with Crippen LogP contribution < -0.4 is 10.1 Å². The van der Waals surface area contributed by atoms with Crippen molar-refractivity contribution < 1.29 is 31.3 Å². The second kappa shape index (κ2) is 7.79. The zero-order valence-electron chi connectivity index (χ0n) is 13.6. The van der Waals surface area contributed by atoms with Crippen LogP contribution in [0.3, 0.4) is 0 Å². The van der Waals surface area contributed by atoms with E-state index in [1.165, 1.54) is 0 Å². The van der Waals surface area contributed by atoms with E-state index in [0.717, 1.165) is 16.3 Å². The van der Waals surface area contributed by atoms with E-state index < -0.39 is 21.3 Å². The zero-order valence-corrected chi connectivity index (χ0v) is 14.4. The van der Waals surface area contributed by atoms with Crippen LogP contribution in [0.1, 0.15) is 12.0 Å². The molecule has 0 bridgehead atoms. The van der Waals surface area contributed by atoms with Gasteiger partial charge in [-0.1, -0.05) is 43.0 Å². The molecule has 1 amide bonds. The molecule has 2 rings (SSSR count). The highest BCUT2D eigenvalue weighted by molar-refractivity contribution is 7.87. The molecule has 0 saturated carbocycles. The Morgan fingerprint density at radius 3 is 2.54 bits per heavy atom. The van der Waals surface area contributed by atoms with Gasteiger partial charge < -0.3 is 10.1 Å². The first-order valence-corrected chi connectivity index (χ1v) is 9.02. The smallest absolute Gasteiger partial charge is 0.446 e. The summed E-state index contributed by atoms with van der Waals surface area (Å²) in [5.74, 6) is -1.50. The second-order valence-electron chi connectivity index (χ2n) is 5.35. The first-order valence-electron chi connectivity index (χ1n) is 7.58. The van der Waals surface area contributed by atoms with Crippen molar-refractivity contribution in [3.8, 4) is 5.75 Å². The molecule has 0 aliphatic carbocycles. The Kier molecular flexibility index (Phi) is 5.94. The number of hydrogen-bond acceptors (Lipinski definition) is 4. The Morgan fingerprint density at radius 2 is 1.88 bits per heavy atom. The van der Waals surface area contributed by atoms with Crippen LogP contribution in [0.15, 0.2) is 43.0 Å². The fraction of sp³-hybridized carbons (Fsp3) is 0.235. The number of halogens is 2. The Morgan fingerprint density at radius 1 is 1.23 bits per heavy atom. The van der Waals surface area contributed by atoms with E-state index in [4.69, 9.17) is 9.29 Å². The summed E-state index contributed by atoms with van der Waals surface area (Å²) >= 11 is 0. The van der Waals surface area contributed by atoms with Crippen molar-refractivity contribution in [2.75, 3.05) is 13.2 Å². The minimum absolute atomic E-state index is 0.106. The minimum atomic E-state index is -5.80. The summed E-state index contributed by atoms with van der Waals surface area (Å²) in [5, 5.41) is -1.34. The van der Waals surface area contributed by atoms with Crippen LogP contribution in [-0.4, -0.2) is 37.3 Å². The lowest BCUT2D eigenvalue weighted by Crippen LogP contribution is -2.46. The van der Waals surface area contributed by atoms with E-state index in [1.54, 1.807) is 23.5 Å². The van der Waals surface area contributed by atoms with Gasteiger partial charge in [-0.15, -0.1) is 0 Å².